The number of rotatable bonds is 5. The number of amides is 1. The Labute approximate surface area is 135 Å². The Morgan fingerprint density at radius 1 is 1.36 bits per heavy atom. The lowest BCUT2D eigenvalue weighted by molar-refractivity contribution is 0.0922. The van der Waals surface area contributed by atoms with Crippen molar-refractivity contribution in [3.05, 3.63) is 46.0 Å². The monoisotopic (exact) mass is 318 g/mol. The van der Waals surface area contributed by atoms with E-state index in [2.05, 4.69) is 29.4 Å². The average molecular weight is 318 g/mol. The lowest BCUT2D eigenvalue weighted by Gasteiger charge is -2.22. The molecule has 1 amide bonds. The highest BCUT2D eigenvalue weighted by Crippen LogP contribution is 2.21. The van der Waals surface area contributed by atoms with Gasteiger partial charge in [-0.2, -0.15) is 5.10 Å². The number of carbonyl (C=O) groups is 1. The van der Waals surface area contributed by atoms with Crippen molar-refractivity contribution in [3.8, 4) is 0 Å². The molecule has 0 saturated carbocycles. The number of hydrogen-bond donors (Lipinski definition) is 2. The maximum absolute atomic E-state index is 12.5. The van der Waals surface area contributed by atoms with E-state index < -0.39 is 0 Å². The van der Waals surface area contributed by atoms with Crippen LogP contribution >= 0.6 is 12.2 Å². The van der Waals surface area contributed by atoms with Crippen molar-refractivity contribution < 1.29 is 4.79 Å². The molecule has 2 aromatic rings. The fraction of sp³-hybridized carbons (Fsp3) is 0.438. The number of benzene rings is 1. The highest BCUT2D eigenvalue weighted by Gasteiger charge is 2.24. The molecule has 0 saturated heterocycles. The molecule has 0 radical (unpaired) electrons. The first-order valence-corrected chi connectivity index (χ1v) is 7.87. The third-order valence-corrected chi connectivity index (χ3v) is 3.96. The maximum Gasteiger partial charge on any atom is 0.251 e. The number of nitrogens with one attached hydrogen (secondary N) is 2. The van der Waals surface area contributed by atoms with Gasteiger partial charge in [0.15, 0.2) is 10.6 Å². The van der Waals surface area contributed by atoms with Crippen LogP contribution in [0.25, 0.3) is 0 Å². The highest BCUT2D eigenvalue weighted by atomic mass is 32.1. The number of carbonyl (C=O) groups excluding carboxylic acids is 1. The van der Waals surface area contributed by atoms with Crippen molar-refractivity contribution in [2.24, 2.45) is 5.92 Å². The van der Waals surface area contributed by atoms with Gasteiger partial charge >= 0.3 is 0 Å². The molecule has 6 heteroatoms. The van der Waals surface area contributed by atoms with E-state index in [1.807, 2.05) is 42.7 Å². The van der Waals surface area contributed by atoms with Crippen molar-refractivity contribution in [3.63, 3.8) is 0 Å². The van der Waals surface area contributed by atoms with Crippen LogP contribution in [0.4, 0.5) is 0 Å². The summed E-state index contributed by atoms with van der Waals surface area (Å²) in [5, 5.41) is 10.2. The third-order valence-electron chi connectivity index (χ3n) is 3.65. The number of nitrogens with zero attached hydrogens (tertiary/aromatic N) is 2. The largest absolute Gasteiger partial charge is 0.342 e. The molecule has 118 valence electrons. The molecule has 1 heterocycles. The minimum absolute atomic E-state index is 0.102. The molecule has 22 heavy (non-hydrogen) atoms. The first-order valence-electron chi connectivity index (χ1n) is 7.46. The first-order chi connectivity index (χ1) is 10.4. The van der Waals surface area contributed by atoms with Crippen LogP contribution in [0.3, 0.4) is 0 Å². The zero-order valence-electron chi connectivity index (χ0n) is 13.4. The van der Waals surface area contributed by atoms with E-state index in [0.29, 0.717) is 16.9 Å². The summed E-state index contributed by atoms with van der Waals surface area (Å²) in [4.78, 5) is 12.5. The van der Waals surface area contributed by atoms with E-state index in [0.717, 1.165) is 11.4 Å². The van der Waals surface area contributed by atoms with Gasteiger partial charge in [-0.05, 0) is 44.1 Å². The first kappa shape index (κ1) is 16.4. The summed E-state index contributed by atoms with van der Waals surface area (Å²) in [7, 11) is 0. The Balaban J connectivity index is 2.27. The molecule has 0 fully saturated rings. The van der Waals surface area contributed by atoms with Crippen molar-refractivity contribution in [1.82, 2.24) is 20.1 Å². The van der Waals surface area contributed by atoms with Crippen molar-refractivity contribution in [2.75, 3.05) is 0 Å². The zero-order chi connectivity index (χ0) is 16.3. The van der Waals surface area contributed by atoms with Crippen LogP contribution in [0.15, 0.2) is 24.3 Å². The summed E-state index contributed by atoms with van der Waals surface area (Å²) < 4.78 is 2.49. The van der Waals surface area contributed by atoms with Gasteiger partial charge in [0.2, 0.25) is 0 Å². The summed E-state index contributed by atoms with van der Waals surface area (Å²) in [6.45, 7) is 8.83. The van der Waals surface area contributed by atoms with Crippen LogP contribution < -0.4 is 5.32 Å². The van der Waals surface area contributed by atoms with Gasteiger partial charge in [-0.25, -0.2) is 0 Å². The normalized spacial score (nSPS) is 12.4. The minimum Gasteiger partial charge on any atom is -0.342 e. The SMILES string of the molecule is CCn1c([C@H](NC(=O)c2ccc(C)cc2)C(C)C)n[nH]c1=S. The van der Waals surface area contributed by atoms with E-state index in [-0.39, 0.29) is 17.9 Å². The molecule has 1 aromatic carbocycles. The van der Waals surface area contributed by atoms with Crippen LogP contribution in [-0.4, -0.2) is 20.7 Å². The number of aromatic amines is 1. The molecular formula is C16H22N4OS. The standard InChI is InChI=1S/C16H22N4OS/c1-5-20-14(18-19-16(20)22)13(10(2)3)17-15(21)12-8-6-11(4)7-9-12/h6-10,13H,5H2,1-4H3,(H,17,21)(H,19,22)/t13-/m1/s1. The van der Waals surface area contributed by atoms with Gasteiger partial charge in [0.25, 0.3) is 5.91 Å². The summed E-state index contributed by atoms with van der Waals surface area (Å²) in [5.74, 6) is 0.864. The molecule has 0 aliphatic heterocycles. The van der Waals surface area contributed by atoms with Crippen molar-refractivity contribution in [2.45, 2.75) is 40.3 Å². The predicted molar refractivity (Wildman–Crippen MR) is 89.3 cm³/mol. The molecule has 5 nitrogen and oxygen atoms in total. The van der Waals surface area contributed by atoms with E-state index in [1.54, 1.807) is 0 Å². The molecule has 2 rings (SSSR count). The molecular weight excluding hydrogens is 296 g/mol. The molecule has 0 unspecified atom stereocenters. The van der Waals surface area contributed by atoms with Crippen LogP contribution in [0.5, 0.6) is 0 Å². The summed E-state index contributed by atoms with van der Waals surface area (Å²) in [6, 6.07) is 7.34. The Bertz CT molecular complexity index is 700. The van der Waals surface area contributed by atoms with Crippen LogP contribution in [0.1, 0.15) is 48.6 Å². The summed E-state index contributed by atoms with van der Waals surface area (Å²) in [6.07, 6.45) is 0. The Morgan fingerprint density at radius 2 is 2.00 bits per heavy atom. The quantitative estimate of drug-likeness (QED) is 0.831. The molecule has 2 N–H and O–H groups in total. The summed E-state index contributed by atoms with van der Waals surface area (Å²) >= 11 is 5.23. The van der Waals surface area contributed by atoms with Crippen molar-refractivity contribution >= 4 is 18.1 Å². The van der Waals surface area contributed by atoms with E-state index in [1.165, 1.54) is 0 Å². The zero-order valence-corrected chi connectivity index (χ0v) is 14.2. The fourth-order valence-electron chi connectivity index (χ4n) is 2.33. The second-order valence-corrected chi connectivity index (χ2v) is 6.08. The van der Waals surface area contributed by atoms with E-state index in [4.69, 9.17) is 12.2 Å². The molecule has 0 spiro atoms. The third kappa shape index (κ3) is 3.44. The highest BCUT2D eigenvalue weighted by molar-refractivity contribution is 7.71. The van der Waals surface area contributed by atoms with Crippen molar-refractivity contribution in [1.29, 1.82) is 0 Å². The average Bonchev–Trinajstić information content (AvgIpc) is 2.85. The van der Waals surface area contributed by atoms with Gasteiger partial charge in [0.05, 0.1) is 6.04 Å². The molecule has 1 atom stereocenters. The van der Waals surface area contributed by atoms with Crippen LogP contribution in [-0.2, 0) is 6.54 Å². The van der Waals surface area contributed by atoms with Gasteiger partial charge in [0, 0.05) is 12.1 Å². The number of aryl methyl sites for hydroxylation is 1. The topological polar surface area (TPSA) is 62.7 Å². The lowest BCUT2D eigenvalue weighted by Crippen LogP contribution is -2.33. The van der Waals surface area contributed by atoms with Gasteiger partial charge in [-0.15, -0.1) is 0 Å². The Kier molecular flexibility index (Phi) is 5.13. The lowest BCUT2D eigenvalue weighted by atomic mass is 10.0. The maximum atomic E-state index is 12.5. The summed E-state index contributed by atoms with van der Waals surface area (Å²) in [5.41, 5.74) is 1.78. The van der Waals surface area contributed by atoms with Gasteiger partial charge in [-0.1, -0.05) is 31.5 Å². The second kappa shape index (κ2) is 6.87. The molecule has 0 bridgehead atoms. The molecule has 1 aromatic heterocycles. The number of aromatic nitrogens is 3. The Morgan fingerprint density at radius 3 is 2.55 bits per heavy atom. The smallest absolute Gasteiger partial charge is 0.251 e. The second-order valence-electron chi connectivity index (χ2n) is 5.69. The van der Waals surface area contributed by atoms with Crippen LogP contribution in [0.2, 0.25) is 0 Å². The van der Waals surface area contributed by atoms with Crippen LogP contribution in [0, 0.1) is 17.6 Å². The van der Waals surface area contributed by atoms with E-state index in [9.17, 15) is 4.79 Å². The van der Waals surface area contributed by atoms with E-state index >= 15 is 0 Å². The number of hydrogen-bond acceptors (Lipinski definition) is 3. The molecule has 0 aliphatic rings. The van der Waals surface area contributed by atoms with Gasteiger partial charge in [0.1, 0.15) is 0 Å². The predicted octanol–water partition coefficient (Wildman–Crippen LogP) is 3.40. The van der Waals surface area contributed by atoms with Gasteiger partial charge < -0.3 is 9.88 Å². The number of H-pyrrole nitrogens is 1. The fourth-order valence-corrected chi connectivity index (χ4v) is 2.60. The molecule has 0 aliphatic carbocycles. The minimum atomic E-state index is -0.193. The van der Waals surface area contributed by atoms with Gasteiger partial charge in [-0.3, -0.25) is 9.89 Å². The Hall–Kier alpha value is -1.95.